The maximum atomic E-state index is 9.35. The normalized spacial score (nSPS) is 93.6. The molecule has 7 heavy (non-hydrogen) atoms. The highest BCUT2D eigenvalue weighted by Crippen LogP contribution is 1.99. The van der Waals surface area contributed by atoms with Crippen molar-refractivity contribution in [1.29, 1.82) is 0 Å². The third kappa shape index (κ3) is 1.45. The van der Waals surface area contributed by atoms with Crippen LogP contribution in [-0.4, -0.2) is 24.2 Å². The second kappa shape index (κ2) is 2.28. The lowest BCUT2D eigenvalue weighted by atomic mass is 10.1. The predicted octanol–water partition coefficient (Wildman–Crippen LogP) is -0.269. The van der Waals surface area contributed by atoms with E-state index in [9.17, 15) is 5.11 Å². The van der Waals surface area contributed by atoms with Crippen molar-refractivity contribution >= 4 is 0 Å². The zero-order valence-corrected chi connectivity index (χ0v) is 3.60. The summed E-state index contributed by atoms with van der Waals surface area (Å²) in [4.78, 5) is 0. The average Bonchev–Trinajstić information content (AvgIpc) is 1.97. The van der Waals surface area contributed by atoms with E-state index in [0.29, 0.717) is 0 Å². The second-order valence-corrected chi connectivity index (χ2v) is 1.13. The van der Waals surface area contributed by atoms with Crippen LogP contribution in [0.25, 0.3) is 0 Å². The molecule has 0 aromatic carbocycles. The van der Waals surface area contributed by atoms with Gasteiger partial charge in [-0.15, -0.1) is 0 Å². The van der Waals surface area contributed by atoms with Crippen LogP contribution in [-0.2, 0) is 0 Å². The molecule has 42 valence electrons. The summed E-state index contributed by atoms with van der Waals surface area (Å²) in [7, 11) is 0. The Morgan fingerprint density at radius 1 is 1.71 bits per heavy atom. The summed E-state index contributed by atoms with van der Waals surface area (Å²) in [5.41, 5.74) is 0. The van der Waals surface area contributed by atoms with Gasteiger partial charge >= 0.3 is 0 Å². The fraction of sp³-hybridized carbons (Fsp3) is 1.00. The van der Waals surface area contributed by atoms with Gasteiger partial charge in [0.15, 0.2) is 0 Å². The van der Waals surface area contributed by atoms with Crippen LogP contribution in [0.2, 0.25) is 0 Å². The maximum absolute atomic E-state index is 9.35. The molecule has 0 amide bonds. The molecule has 0 aromatic rings. The van der Waals surface area contributed by atoms with Gasteiger partial charge < -0.3 is 10.4 Å². The Morgan fingerprint density at radius 3 is 2.86 bits per heavy atom. The fourth-order valence-electron chi connectivity index (χ4n) is 0.303. The van der Waals surface area contributed by atoms with Crippen LogP contribution >= 0.6 is 0 Å². The first-order valence-corrected chi connectivity index (χ1v) is 1.88. The smallest absolute Gasteiger partial charge is 0.0601 e. The largest absolute Gasteiger partial charge is 0.393 e. The lowest BCUT2D eigenvalue weighted by molar-refractivity contribution is 0.137. The number of rotatable bonds is 0. The predicted molar refractivity (Wildman–Crippen MR) is 28.1 cm³/mol. The highest BCUT2D eigenvalue weighted by atomic mass is 16.3. The molecule has 0 bridgehead atoms. The Balaban J connectivity index is 3.10. The molecule has 1 saturated heterocycles. The van der Waals surface area contributed by atoms with Gasteiger partial charge in [-0.05, 0) is 25.8 Å². The Bertz CT molecular complexity index is 220. The molecular weight excluding hydrogens is 90.1 g/mol. The van der Waals surface area contributed by atoms with Crippen LogP contribution in [0.3, 0.4) is 0 Å². The van der Waals surface area contributed by atoms with Crippen LogP contribution in [0.5, 0.6) is 0 Å². The minimum atomic E-state index is -2.77. The van der Waals surface area contributed by atoms with Crippen molar-refractivity contribution in [3.05, 3.63) is 0 Å². The first kappa shape index (κ1) is 1.25. The van der Waals surface area contributed by atoms with E-state index in [0.717, 1.165) is 0 Å². The van der Waals surface area contributed by atoms with Crippen LogP contribution in [0.4, 0.5) is 0 Å². The minimum Gasteiger partial charge on any atom is -0.393 e. The zero-order valence-electron chi connectivity index (χ0n) is 10.6. The van der Waals surface area contributed by atoms with Crippen molar-refractivity contribution in [1.82, 2.24) is 5.32 Å². The summed E-state index contributed by atoms with van der Waals surface area (Å²) in [5, 5.41) is 11.2. The molecule has 0 aliphatic carbocycles. The molecule has 1 aliphatic heterocycles. The molecule has 0 aromatic heterocycles. The van der Waals surface area contributed by atoms with Crippen LogP contribution in [0, 0.1) is 0 Å². The van der Waals surface area contributed by atoms with Crippen molar-refractivity contribution in [2.45, 2.75) is 18.9 Å². The summed E-state index contributed by atoms with van der Waals surface area (Å²) in [6.45, 7) is -5.06. The number of hydrogen-bond donors (Lipinski definition) is 2. The molecule has 2 N–H and O–H groups in total. The van der Waals surface area contributed by atoms with Gasteiger partial charge in [-0.2, -0.15) is 0 Å². The topological polar surface area (TPSA) is 32.3 Å². The van der Waals surface area contributed by atoms with Crippen molar-refractivity contribution in [3.63, 3.8) is 0 Å². The molecule has 0 radical (unpaired) electrons. The first-order chi connectivity index (χ1) is 6.02. The molecule has 2 atom stereocenters. The van der Waals surface area contributed by atoms with Gasteiger partial charge in [0.05, 0.1) is 7.45 Å². The summed E-state index contributed by atoms with van der Waals surface area (Å²) in [6, 6.07) is 0. The SMILES string of the molecule is [2H]C1C([2H])([2H])NC([2H])([2H])C([2H])C1([2H])O. The zero-order chi connectivity index (χ0) is 11.4. The molecule has 2 heteroatoms. The van der Waals surface area contributed by atoms with Gasteiger partial charge in [0, 0.05) is 8.22 Å². The van der Waals surface area contributed by atoms with Gasteiger partial charge in [0.25, 0.3) is 0 Å². The van der Waals surface area contributed by atoms with Crippen LogP contribution in [0.15, 0.2) is 0 Å². The summed E-state index contributed by atoms with van der Waals surface area (Å²) in [5.74, 6) is 0. The number of nitrogens with one attached hydrogen (secondary N) is 1. The number of aliphatic hydroxyl groups is 1. The standard InChI is InChI=1S/C5H11NO/c7-5-1-3-6-4-2-5/h5-7H,1-4H2/i1D,2D,3D2,4D2,5D. The van der Waals surface area contributed by atoms with Crippen molar-refractivity contribution in [3.8, 4) is 0 Å². The molecule has 0 saturated carbocycles. The molecule has 0 spiro atoms. The first-order valence-electron chi connectivity index (χ1n) is 5.53. The molecular formula is C5H11NO. The maximum Gasteiger partial charge on any atom is 0.0601 e. The summed E-state index contributed by atoms with van der Waals surface area (Å²) in [6.07, 6.45) is -6.62. The van der Waals surface area contributed by atoms with Gasteiger partial charge in [0.1, 0.15) is 0 Å². The Kier molecular flexibility index (Phi) is 0.408. The number of hydrogen-bond acceptors (Lipinski definition) is 2. The summed E-state index contributed by atoms with van der Waals surface area (Å²) < 4.78 is 50.4. The number of piperidine rings is 1. The van der Waals surface area contributed by atoms with E-state index < -0.39 is 31.9 Å². The van der Waals surface area contributed by atoms with Gasteiger partial charge in [-0.1, -0.05) is 0 Å². The highest BCUT2D eigenvalue weighted by molar-refractivity contribution is 4.65. The lowest BCUT2D eigenvalue weighted by Crippen LogP contribution is -2.30. The lowest BCUT2D eigenvalue weighted by Gasteiger charge is -2.16. The van der Waals surface area contributed by atoms with E-state index in [1.165, 1.54) is 0 Å². The molecule has 2 unspecified atom stereocenters. The van der Waals surface area contributed by atoms with E-state index >= 15 is 0 Å². The minimum absolute atomic E-state index is 1.80. The van der Waals surface area contributed by atoms with Gasteiger partial charge in [-0.25, -0.2) is 0 Å². The average molecular weight is 108 g/mol. The van der Waals surface area contributed by atoms with Crippen LogP contribution < -0.4 is 5.32 Å². The van der Waals surface area contributed by atoms with Crippen molar-refractivity contribution < 1.29 is 14.7 Å². The molecule has 1 rings (SSSR count). The van der Waals surface area contributed by atoms with Crippen molar-refractivity contribution in [2.75, 3.05) is 13.0 Å². The second-order valence-electron chi connectivity index (χ2n) is 1.13. The van der Waals surface area contributed by atoms with Crippen molar-refractivity contribution in [2.24, 2.45) is 0 Å². The van der Waals surface area contributed by atoms with E-state index in [1.807, 2.05) is 0 Å². The summed E-state index contributed by atoms with van der Waals surface area (Å²) >= 11 is 0. The molecule has 1 heterocycles. The van der Waals surface area contributed by atoms with E-state index in [1.54, 1.807) is 5.32 Å². The molecule has 2 nitrogen and oxygen atoms in total. The molecule has 1 fully saturated rings. The van der Waals surface area contributed by atoms with E-state index in [2.05, 4.69) is 0 Å². The monoisotopic (exact) mass is 108 g/mol. The third-order valence-corrected chi connectivity index (χ3v) is 0.584. The fourth-order valence-corrected chi connectivity index (χ4v) is 0.303. The quantitative estimate of drug-likeness (QED) is 0.448. The Labute approximate surface area is 53.4 Å². The van der Waals surface area contributed by atoms with E-state index in [4.69, 9.17) is 9.60 Å². The van der Waals surface area contributed by atoms with Gasteiger partial charge in [-0.3, -0.25) is 0 Å². The Hall–Kier alpha value is -0.0800. The molecule has 1 aliphatic rings. The van der Waals surface area contributed by atoms with Gasteiger partial charge in [0.2, 0.25) is 0 Å². The Morgan fingerprint density at radius 2 is 2.29 bits per heavy atom. The third-order valence-electron chi connectivity index (χ3n) is 0.584. The van der Waals surface area contributed by atoms with E-state index in [-0.39, 0.29) is 0 Å². The highest BCUT2D eigenvalue weighted by Gasteiger charge is 2.06. The van der Waals surface area contributed by atoms with Crippen LogP contribution in [0.1, 0.15) is 22.4 Å².